The minimum absolute atomic E-state index is 0.00810. The van der Waals surface area contributed by atoms with Gasteiger partial charge < -0.3 is 34.6 Å². The van der Waals surface area contributed by atoms with Gasteiger partial charge in [0.1, 0.15) is 41.0 Å². The number of carbonyl (C=O) groups excluding carboxylic acids is 4. The van der Waals surface area contributed by atoms with Gasteiger partial charge >= 0.3 is 6.09 Å². The second kappa shape index (κ2) is 16.2. The van der Waals surface area contributed by atoms with Gasteiger partial charge in [-0.3, -0.25) is 19.1 Å². The van der Waals surface area contributed by atoms with E-state index in [0.29, 0.717) is 54.9 Å². The summed E-state index contributed by atoms with van der Waals surface area (Å²) in [4.78, 5) is 64.9. The van der Waals surface area contributed by atoms with Crippen molar-refractivity contribution in [3.63, 3.8) is 0 Å². The van der Waals surface area contributed by atoms with Gasteiger partial charge in [-0.25, -0.2) is 18.2 Å². The molecular weight excluding hydrogens is 765 g/mol. The number of anilines is 1. The molecule has 58 heavy (non-hydrogen) atoms. The largest absolute Gasteiger partial charge is 0.496 e. The highest BCUT2D eigenvalue weighted by Gasteiger charge is 2.62. The van der Waals surface area contributed by atoms with Crippen LogP contribution in [-0.2, 0) is 35.6 Å². The molecule has 3 aliphatic carbocycles. The second-order valence-electron chi connectivity index (χ2n) is 17.8. The zero-order valence-corrected chi connectivity index (χ0v) is 35.1. The number of cyclic esters (lactones) is 1. The maximum Gasteiger partial charge on any atom is 0.407 e. The average Bonchev–Trinajstić information content (AvgIpc) is 4.12. The van der Waals surface area contributed by atoms with Gasteiger partial charge in [0.15, 0.2) is 0 Å². The molecular formula is C42H58N6O9S. The lowest BCUT2D eigenvalue weighted by molar-refractivity contribution is -0.142. The molecule has 1 aromatic carbocycles. The van der Waals surface area contributed by atoms with Crippen LogP contribution in [-0.4, -0.2) is 105 Å². The molecule has 5 atom stereocenters. The third-order valence-electron chi connectivity index (χ3n) is 12.6. The first-order chi connectivity index (χ1) is 27.5. The highest BCUT2D eigenvalue weighted by atomic mass is 32.2. The Hall–Kier alpha value is -4.60. The number of nitrogens with zero attached hydrogens (tertiary/aromatic N) is 3. The fourth-order valence-corrected chi connectivity index (χ4v) is 10.2. The Bertz CT molecular complexity index is 2060. The molecule has 16 heteroatoms. The van der Waals surface area contributed by atoms with E-state index < -0.39 is 68.7 Å². The van der Waals surface area contributed by atoms with Gasteiger partial charge in [0, 0.05) is 44.0 Å². The number of methoxy groups -OCH3 is 1. The highest BCUT2D eigenvalue weighted by Crippen LogP contribution is 2.46. The van der Waals surface area contributed by atoms with Crippen molar-refractivity contribution in [2.45, 2.75) is 120 Å². The first-order valence-electron chi connectivity index (χ1n) is 20.6. The quantitative estimate of drug-likeness (QED) is 0.305. The first-order valence-corrected chi connectivity index (χ1v) is 22.2. The number of ether oxygens (including phenoxy) is 3. The predicted molar refractivity (Wildman–Crippen MR) is 218 cm³/mol. The molecule has 0 spiro atoms. The average molecular weight is 823 g/mol. The Morgan fingerprint density at radius 1 is 1.09 bits per heavy atom. The molecule has 0 radical (unpaired) electrons. The van der Waals surface area contributed by atoms with Crippen molar-refractivity contribution in [1.82, 2.24) is 25.2 Å². The molecule has 316 valence electrons. The number of carbonyl (C=O) groups is 4. The maximum atomic E-state index is 15.0. The Morgan fingerprint density at radius 2 is 1.83 bits per heavy atom. The molecule has 3 N–H and O–H groups in total. The minimum Gasteiger partial charge on any atom is -0.496 e. The van der Waals surface area contributed by atoms with Gasteiger partial charge in [-0.1, -0.05) is 39.2 Å². The zero-order chi connectivity index (χ0) is 41.6. The summed E-state index contributed by atoms with van der Waals surface area (Å²) in [7, 11) is 1.48. The third kappa shape index (κ3) is 8.71. The van der Waals surface area contributed by atoms with E-state index >= 15 is 0 Å². The fourth-order valence-electron chi connectivity index (χ4n) is 8.83. The van der Waals surface area contributed by atoms with Gasteiger partial charge in [0.25, 0.3) is 5.91 Å². The van der Waals surface area contributed by atoms with Gasteiger partial charge in [-0.2, -0.15) is 0 Å². The standard InChI is InChI=1S/C42H58N6O9S/c1-7-27-22-42(27,39(51)46-58(53,54)29-15-16-29)45-37(49)32-19-28-23-48(32)38(50)36(25-12-9-8-10-13-25)44-40(52)56-24-41(2,3)17-11-14-26-18-30-31(20-33(26)55-6)43-35(47(4)5)21-34(30)57-28/h7,18,20-21,25,27-29,32,36H,1,8-17,19,22-24H2,2-6H3,(H,44,52)(H,45,49)(H,46,51)/t27?,28-,32+,36+,42-/m1/s1. The van der Waals surface area contributed by atoms with Crippen molar-refractivity contribution in [2.75, 3.05) is 39.3 Å². The molecule has 2 aromatic rings. The van der Waals surface area contributed by atoms with E-state index in [2.05, 4.69) is 21.9 Å². The highest BCUT2D eigenvalue weighted by molar-refractivity contribution is 7.91. The summed E-state index contributed by atoms with van der Waals surface area (Å²) in [5.41, 5.74) is -0.302. The van der Waals surface area contributed by atoms with E-state index in [1.807, 2.05) is 51.0 Å². The molecule has 1 saturated heterocycles. The molecule has 3 saturated carbocycles. The molecule has 2 aliphatic heterocycles. The monoisotopic (exact) mass is 822 g/mol. The number of rotatable bonds is 9. The molecule has 15 nitrogen and oxygen atoms in total. The number of sulfonamides is 1. The van der Waals surface area contributed by atoms with Crippen LogP contribution in [0.2, 0.25) is 0 Å². The lowest BCUT2D eigenvalue weighted by Crippen LogP contribution is -2.59. The normalized spacial score (nSPS) is 28.0. The Kier molecular flexibility index (Phi) is 11.6. The van der Waals surface area contributed by atoms with Crippen LogP contribution in [0.5, 0.6) is 11.5 Å². The van der Waals surface area contributed by atoms with Gasteiger partial charge in [0.2, 0.25) is 21.8 Å². The van der Waals surface area contributed by atoms with Crippen LogP contribution in [0.15, 0.2) is 30.9 Å². The first kappa shape index (κ1) is 41.6. The number of aromatic nitrogens is 1. The van der Waals surface area contributed by atoms with E-state index in [4.69, 9.17) is 19.2 Å². The number of aryl methyl sites for hydroxylation is 1. The molecule has 4 amide bonds. The van der Waals surface area contributed by atoms with Crippen LogP contribution in [0.4, 0.5) is 10.6 Å². The van der Waals surface area contributed by atoms with Crippen LogP contribution in [0.3, 0.4) is 0 Å². The number of nitrogens with one attached hydrogen (secondary N) is 3. The van der Waals surface area contributed by atoms with E-state index in [-0.39, 0.29) is 37.3 Å². The maximum absolute atomic E-state index is 15.0. The van der Waals surface area contributed by atoms with Crippen molar-refractivity contribution in [3.8, 4) is 11.5 Å². The lowest BCUT2D eigenvalue weighted by Gasteiger charge is -2.35. The van der Waals surface area contributed by atoms with Crippen LogP contribution in [0.1, 0.15) is 90.0 Å². The molecule has 3 heterocycles. The molecule has 7 rings (SSSR count). The van der Waals surface area contributed by atoms with Crippen LogP contribution in [0.25, 0.3) is 10.9 Å². The number of hydrogen-bond donors (Lipinski definition) is 3. The second-order valence-corrected chi connectivity index (χ2v) is 19.8. The molecule has 4 bridgehead atoms. The van der Waals surface area contributed by atoms with E-state index in [1.54, 1.807) is 7.11 Å². The Balaban J connectivity index is 1.27. The van der Waals surface area contributed by atoms with Gasteiger partial charge in [-0.05, 0) is 74.3 Å². The van der Waals surface area contributed by atoms with E-state index in [1.165, 1.54) is 11.0 Å². The fraction of sp³-hybridized carbons (Fsp3) is 0.643. The summed E-state index contributed by atoms with van der Waals surface area (Å²) in [5, 5.41) is 5.90. The summed E-state index contributed by atoms with van der Waals surface area (Å²) in [6.45, 7) is 8.04. The van der Waals surface area contributed by atoms with Gasteiger partial charge in [-0.15, -0.1) is 6.58 Å². The number of benzene rings is 1. The third-order valence-corrected chi connectivity index (χ3v) is 14.4. The van der Waals surface area contributed by atoms with Crippen molar-refractivity contribution >= 4 is 50.6 Å². The Morgan fingerprint density at radius 3 is 2.48 bits per heavy atom. The summed E-state index contributed by atoms with van der Waals surface area (Å²) >= 11 is 0. The van der Waals surface area contributed by atoms with Crippen molar-refractivity contribution in [1.29, 1.82) is 0 Å². The summed E-state index contributed by atoms with van der Waals surface area (Å²) in [5.74, 6) is -0.735. The molecule has 4 fully saturated rings. The van der Waals surface area contributed by atoms with Crippen molar-refractivity contribution < 1.29 is 41.8 Å². The Labute approximate surface area is 341 Å². The smallest absolute Gasteiger partial charge is 0.407 e. The number of alkyl carbamates (subject to hydrolysis) is 1. The topological polar surface area (TPSA) is 186 Å². The van der Waals surface area contributed by atoms with E-state index in [0.717, 1.165) is 43.1 Å². The number of fused-ring (bicyclic) bond motifs is 3. The van der Waals surface area contributed by atoms with Crippen LogP contribution in [0, 0.1) is 17.3 Å². The predicted octanol–water partition coefficient (Wildman–Crippen LogP) is 4.36. The lowest BCUT2D eigenvalue weighted by atomic mass is 9.83. The van der Waals surface area contributed by atoms with Gasteiger partial charge in [0.05, 0.1) is 31.0 Å². The number of hydrogen-bond acceptors (Lipinski definition) is 11. The number of amides is 4. The summed E-state index contributed by atoms with van der Waals surface area (Å²) in [6.07, 6.45) is 7.77. The summed E-state index contributed by atoms with van der Waals surface area (Å²) in [6, 6.07) is 3.69. The van der Waals surface area contributed by atoms with Crippen LogP contribution >= 0.6 is 0 Å². The van der Waals surface area contributed by atoms with Crippen LogP contribution < -0.4 is 29.7 Å². The SMILES string of the molecule is C=CC1C[C@]1(NC(=O)[C@@H]1C[C@@H]2CN1C(=O)[C@H](C1CCCCC1)NC(=O)OCC(C)(C)CCCc1cc3c(cc(N(C)C)nc3cc1OC)O2)C(=O)NS(=O)(=O)C1CC1. The summed E-state index contributed by atoms with van der Waals surface area (Å²) < 4.78 is 46.3. The molecule has 5 aliphatic rings. The zero-order valence-electron chi connectivity index (χ0n) is 34.3. The van der Waals surface area contributed by atoms with E-state index in [9.17, 15) is 27.6 Å². The number of pyridine rings is 1. The molecule has 1 unspecified atom stereocenters. The molecule has 1 aromatic heterocycles. The minimum atomic E-state index is -3.90. The van der Waals surface area contributed by atoms with Crippen molar-refractivity contribution in [3.05, 3.63) is 36.4 Å². The van der Waals surface area contributed by atoms with Crippen molar-refractivity contribution in [2.24, 2.45) is 17.3 Å².